The zero-order valence-electron chi connectivity index (χ0n) is 11.7. The van der Waals surface area contributed by atoms with E-state index in [0.29, 0.717) is 11.4 Å². The Morgan fingerprint density at radius 1 is 1.22 bits per heavy atom. The summed E-state index contributed by atoms with van der Waals surface area (Å²) in [5.74, 6) is 0.382. The van der Waals surface area contributed by atoms with Gasteiger partial charge in [0.15, 0.2) is 0 Å². The third-order valence-electron chi connectivity index (χ3n) is 2.93. The smallest absolute Gasteiger partial charge is 0.252 e. The average molecular weight is 247 g/mol. The Morgan fingerprint density at radius 2 is 1.94 bits per heavy atom. The van der Waals surface area contributed by atoms with Gasteiger partial charge in [0.25, 0.3) is 5.88 Å². The maximum absolute atomic E-state index is 9.30. The molecule has 0 aromatic carbocycles. The van der Waals surface area contributed by atoms with Crippen LogP contribution in [0.2, 0.25) is 0 Å². The lowest BCUT2D eigenvalue weighted by atomic mass is 10.0. The van der Waals surface area contributed by atoms with Crippen LogP contribution in [0.4, 0.5) is 0 Å². The standard InChI is InChI=1S/C14H21N3O/c1-5-8-10(4)18-14-12(9-15)11(6-2)13(7-3)16-17-14/h10H,5-8H2,1-4H3. The van der Waals surface area contributed by atoms with Crippen LogP contribution in [-0.2, 0) is 12.8 Å². The maximum Gasteiger partial charge on any atom is 0.252 e. The van der Waals surface area contributed by atoms with Crippen molar-refractivity contribution in [1.82, 2.24) is 10.2 Å². The number of aromatic nitrogens is 2. The van der Waals surface area contributed by atoms with Crippen LogP contribution in [0.3, 0.4) is 0 Å². The molecule has 0 spiro atoms. The molecule has 4 nitrogen and oxygen atoms in total. The summed E-state index contributed by atoms with van der Waals surface area (Å²) in [5, 5.41) is 17.5. The fourth-order valence-corrected chi connectivity index (χ4v) is 2.01. The van der Waals surface area contributed by atoms with E-state index >= 15 is 0 Å². The van der Waals surface area contributed by atoms with Crippen molar-refractivity contribution >= 4 is 0 Å². The predicted octanol–water partition coefficient (Wildman–Crippen LogP) is 3.04. The molecular formula is C14H21N3O. The van der Waals surface area contributed by atoms with Gasteiger partial charge in [-0.25, -0.2) is 0 Å². The molecule has 18 heavy (non-hydrogen) atoms. The molecule has 1 rings (SSSR count). The van der Waals surface area contributed by atoms with Gasteiger partial charge in [-0.3, -0.25) is 0 Å². The molecule has 0 N–H and O–H groups in total. The Balaban J connectivity index is 3.10. The Kier molecular flexibility index (Phi) is 5.57. The number of aryl methyl sites for hydroxylation is 1. The highest BCUT2D eigenvalue weighted by atomic mass is 16.5. The highest BCUT2D eigenvalue weighted by Gasteiger charge is 2.16. The lowest BCUT2D eigenvalue weighted by molar-refractivity contribution is 0.198. The summed E-state index contributed by atoms with van der Waals surface area (Å²) in [4.78, 5) is 0. The van der Waals surface area contributed by atoms with Crippen LogP contribution < -0.4 is 4.74 Å². The van der Waals surface area contributed by atoms with Gasteiger partial charge in [0.1, 0.15) is 11.6 Å². The summed E-state index contributed by atoms with van der Waals surface area (Å²) in [6.45, 7) is 8.14. The first-order valence-electron chi connectivity index (χ1n) is 6.62. The van der Waals surface area contributed by atoms with E-state index in [2.05, 4.69) is 23.2 Å². The molecule has 0 aliphatic rings. The molecule has 4 heteroatoms. The summed E-state index contributed by atoms with van der Waals surface area (Å²) in [5.41, 5.74) is 2.41. The van der Waals surface area contributed by atoms with E-state index < -0.39 is 0 Å². The zero-order valence-corrected chi connectivity index (χ0v) is 11.7. The highest BCUT2D eigenvalue weighted by Crippen LogP contribution is 2.23. The number of nitriles is 1. The molecule has 98 valence electrons. The number of nitrogens with zero attached hydrogens (tertiary/aromatic N) is 3. The van der Waals surface area contributed by atoms with Crippen molar-refractivity contribution < 1.29 is 4.74 Å². The largest absolute Gasteiger partial charge is 0.473 e. The number of ether oxygens (including phenoxy) is 1. The van der Waals surface area contributed by atoms with Gasteiger partial charge < -0.3 is 4.74 Å². The molecule has 1 heterocycles. The Morgan fingerprint density at radius 3 is 2.44 bits per heavy atom. The normalized spacial score (nSPS) is 11.9. The summed E-state index contributed by atoms with van der Waals surface area (Å²) in [7, 11) is 0. The summed E-state index contributed by atoms with van der Waals surface area (Å²) >= 11 is 0. The first-order valence-corrected chi connectivity index (χ1v) is 6.62. The van der Waals surface area contributed by atoms with Crippen molar-refractivity contribution in [3.8, 4) is 11.9 Å². The Bertz CT molecular complexity index is 437. The lowest BCUT2D eigenvalue weighted by Crippen LogP contribution is -2.15. The fourth-order valence-electron chi connectivity index (χ4n) is 2.01. The second-order valence-corrected chi connectivity index (χ2v) is 4.34. The van der Waals surface area contributed by atoms with E-state index in [1.165, 1.54) is 0 Å². The summed E-state index contributed by atoms with van der Waals surface area (Å²) in [6, 6.07) is 2.21. The van der Waals surface area contributed by atoms with Gasteiger partial charge in [-0.15, -0.1) is 5.10 Å². The van der Waals surface area contributed by atoms with Crippen LogP contribution in [0.1, 0.15) is 57.4 Å². The SMILES string of the molecule is CCCC(C)Oc1nnc(CC)c(CC)c1C#N. The van der Waals surface area contributed by atoms with E-state index in [-0.39, 0.29) is 6.10 Å². The predicted molar refractivity (Wildman–Crippen MR) is 70.5 cm³/mol. The second kappa shape index (κ2) is 6.95. The van der Waals surface area contributed by atoms with Gasteiger partial charge in [-0.1, -0.05) is 27.2 Å². The van der Waals surface area contributed by atoms with E-state index in [9.17, 15) is 5.26 Å². The molecule has 0 saturated heterocycles. The van der Waals surface area contributed by atoms with Gasteiger partial charge >= 0.3 is 0 Å². The van der Waals surface area contributed by atoms with Crippen molar-refractivity contribution in [2.45, 2.75) is 59.5 Å². The third-order valence-corrected chi connectivity index (χ3v) is 2.93. The van der Waals surface area contributed by atoms with Gasteiger partial charge in [-0.05, 0) is 31.7 Å². The molecule has 1 atom stereocenters. The number of hydrogen-bond donors (Lipinski definition) is 0. The van der Waals surface area contributed by atoms with Gasteiger partial charge in [-0.2, -0.15) is 10.4 Å². The van der Waals surface area contributed by atoms with E-state index in [4.69, 9.17) is 4.74 Å². The first kappa shape index (κ1) is 14.4. The van der Waals surface area contributed by atoms with Crippen LogP contribution >= 0.6 is 0 Å². The molecule has 0 aliphatic carbocycles. The minimum Gasteiger partial charge on any atom is -0.473 e. The number of rotatable bonds is 6. The monoisotopic (exact) mass is 247 g/mol. The molecule has 0 fully saturated rings. The van der Waals surface area contributed by atoms with Crippen molar-refractivity contribution in [3.63, 3.8) is 0 Å². The maximum atomic E-state index is 9.30. The van der Waals surface area contributed by atoms with E-state index in [1.54, 1.807) is 0 Å². The first-order chi connectivity index (χ1) is 8.67. The van der Waals surface area contributed by atoms with Crippen molar-refractivity contribution in [3.05, 3.63) is 16.8 Å². The van der Waals surface area contributed by atoms with Crippen LogP contribution in [0.25, 0.3) is 0 Å². The zero-order chi connectivity index (χ0) is 13.5. The van der Waals surface area contributed by atoms with Gasteiger partial charge in [0.05, 0.1) is 11.8 Å². The highest BCUT2D eigenvalue weighted by molar-refractivity contribution is 5.46. The topological polar surface area (TPSA) is 58.8 Å². The average Bonchev–Trinajstić information content (AvgIpc) is 2.38. The van der Waals surface area contributed by atoms with Crippen LogP contribution in [0.15, 0.2) is 0 Å². The van der Waals surface area contributed by atoms with E-state index in [0.717, 1.165) is 36.9 Å². The third kappa shape index (κ3) is 3.19. The van der Waals surface area contributed by atoms with Crippen molar-refractivity contribution in [1.29, 1.82) is 5.26 Å². The Hall–Kier alpha value is -1.63. The molecule has 0 amide bonds. The molecule has 0 bridgehead atoms. The van der Waals surface area contributed by atoms with Crippen LogP contribution in [-0.4, -0.2) is 16.3 Å². The summed E-state index contributed by atoms with van der Waals surface area (Å²) < 4.78 is 5.72. The second-order valence-electron chi connectivity index (χ2n) is 4.34. The lowest BCUT2D eigenvalue weighted by Gasteiger charge is -2.15. The minimum atomic E-state index is 0.0635. The van der Waals surface area contributed by atoms with Crippen molar-refractivity contribution in [2.75, 3.05) is 0 Å². The van der Waals surface area contributed by atoms with E-state index in [1.807, 2.05) is 20.8 Å². The molecular weight excluding hydrogens is 226 g/mol. The molecule has 0 aliphatic heterocycles. The van der Waals surface area contributed by atoms with Gasteiger partial charge in [0, 0.05) is 0 Å². The molecule has 1 aromatic rings. The molecule has 1 aromatic heterocycles. The minimum absolute atomic E-state index is 0.0635. The number of hydrogen-bond acceptors (Lipinski definition) is 4. The molecule has 0 radical (unpaired) electrons. The molecule has 0 saturated carbocycles. The van der Waals surface area contributed by atoms with Crippen molar-refractivity contribution in [2.24, 2.45) is 0 Å². The quantitative estimate of drug-likeness (QED) is 0.775. The fraction of sp³-hybridized carbons (Fsp3) is 0.643. The van der Waals surface area contributed by atoms with Gasteiger partial charge in [0.2, 0.25) is 0 Å². The Labute approximate surface area is 109 Å². The summed E-state index contributed by atoms with van der Waals surface area (Å²) in [6.07, 6.45) is 3.62. The molecule has 1 unspecified atom stereocenters. The van der Waals surface area contributed by atoms with Crippen LogP contribution in [0.5, 0.6) is 5.88 Å². The van der Waals surface area contributed by atoms with Crippen LogP contribution in [0, 0.1) is 11.3 Å².